The second-order valence-corrected chi connectivity index (χ2v) is 5.97. The van der Waals surface area contributed by atoms with Crippen molar-refractivity contribution in [3.63, 3.8) is 0 Å². The summed E-state index contributed by atoms with van der Waals surface area (Å²) < 4.78 is 4.71. The zero-order valence-electron chi connectivity index (χ0n) is 14.4. The maximum Gasteiger partial charge on any atom is 0.337 e. The number of nitrogens with zero attached hydrogens (tertiary/aromatic N) is 1. The van der Waals surface area contributed by atoms with Gasteiger partial charge in [0.15, 0.2) is 0 Å². The number of hydrogen-bond acceptors (Lipinski definition) is 5. The van der Waals surface area contributed by atoms with Crippen LogP contribution >= 0.6 is 11.6 Å². The number of hydrogen-bond donors (Lipinski definition) is 2. The van der Waals surface area contributed by atoms with Crippen molar-refractivity contribution in [3.05, 3.63) is 83.0 Å². The summed E-state index contributed by atoms with van der Waals surface area (Å²) in [6, 6.07) is 17.1. The van der Waals surface area contributed by atoms with E-state index in [1.165, 1.54) is 13.3 Å². The van der Waals surface area contributed by atoms with E-state index in [1.54, 1.807) is 60.7 Å². The van der Waals surface area contributed by atoms with Gasteiger partial charge in [0.25, 0.3) is 5.91 Å². The van der Waals surface area contributed by atoms with E-state index < -0.39 is 5.97 Å². The Labute approximate surface area is 161 Å². The van der Waals surface area contributed by atoms with Crippen LogP contribution in [0.5, 0.6) is 0 Å². The molecule has 7 heteroatoms. The summed E-state index contributed by atoms with van der Waals surface area (Å²) in [4.78, 5) is 28.1. The third kappa shape index (κ3) is 4.62. The molecule has 0 atom stereocenters. The number of pyridine rings is 1. The van der Waals surface area contributed by atoms with Gasteiger partial charge in [0, 0.05) is 5.69 Å². The fraction of sp³-hybridized carbons (Fsp3) is 0.0500. The highest BCUT2D eigenvalue weighted by Gasteiger charge is 2.10. The summed E-state index contributed by atoms with van der Waals surface area (Å²) in [5.41, 5.74) is 2.05. The number of esters is 1. The molecule has 0 radical (unpaired) electrons. The molecular weight excluding hydrogens is 366 g/mol. The van der Waals surface area contributed by atoms with E-state index in [-0.39, 0.29) is 5.91 Å². The van der Waals surface area contributed by atoms with E-state index >= 15 is 0 Å². The molecule has 2 aromatic carbocycles. The summed E-state index contributed by atoms with van der Waals surface area (Å²) in [7, 11) is 1.33. The van der Waals surface area contributed by atoms with Crippen molar-refractivity contribution in [1.82, 2.24) is 4.98 Å². The number of anilines is 3. The number of halogens is 1. The Morgan fingerprint density at radius 3 is 2.52 bits per heavy atom. The fourth-order valence-electron chi connectivity index (χ4n) is 2.38. The van der Waals surface area contributed by atoms with Gasteiger partial charge in [-0.2, -0.15) is 0 Å². The van der Waals surface area contributed by atoms with Gasteiger partial charge in [-0.25, -0.2) is 9.78 Å². The zero-order valence-corrected chi connectivity index (χ0v) is 15.2. The molecule has 0 aliphatic heterocycles. The van der Waals surface area contributed by atoms with Crippen LogP contribution in [-0.2, 0) is 4.74 Å². The Morgan fingerprint density at radius 2 is 1.81 bits per heavy atom. The number of nitrogens with one attached hydrogen (secondary N) is 2. The smallest absolute Gasteiger partial charge is 0.337 e. The largest absolute Gasteiger partial charge is 0.465 e. The predicted molar refractivity (Wildman–Crippen MR) is 105 cm³/mol. The third-order valence-corrected chi connectivity index (χ3v) is 4.03. The van der Waals surface area contributed by atoms with Crippen molar-refractivity contribution in [3.8, 4) is 0 Å². The normalized spacial score (nSPS) is 10.1. The molecule has 1 heterocycles. The lowest BCUT2D eigenvalue weighted by Crippen LogP contribution is -2.12. The summed E-state index contributed by atoms with van der Waals surface area (Å²) in [5.74, 6) is -0.161. The highest BCUT2D eigenvalue weighted by atomic mass is 35.5. The molecule has 0 unspecified atom stereocenters. The average Bonchev–Trinajstić information content (AvgIpc) is 2.69. The molecule has 27 heavy (non-hydrogen) atoms. The summed E-state index contributed by atoms with van der Waals surface area (Å²) in [6.45, 7) is 0. The molecule has 0 spiro atoms. The number of methoxy groups -OCH3 is 1. The Bertz CT molecular complexity index is 974. The minimum Gasteiger partial charge on any atom is -0.465 e. The van der Waals surface area contributed by atoms with Crippen molar-refractivity contribution in [2.24, 2.45) is 0 Å². The molecule has 0 aliphatic carbocycles. The lowest BCUT2D eigenvalue weighted by Gasteiger charge is -2.09. The second-order valence-electron chi connectivity index (χ2n) is 5.56. The van der Waals surface area contributed by atoms with Crippen molar-refractivity contribution >= 4 is 40.7 Å². The van der Waals surface area contributed by atoms with E-state index in [2.05, 4.69) is 15.6 Å². The second kappa shape index (κ2) is 8.33. The highest BCUT2D eigenvalue weighted by molar-refractivity contribution is 6.34. The van der Waals surface area contributed by atoms with Crippen LogP contribution < -0.4 is 10.6 Å². The summed E-state index contributed by atoms with van der Waals surface area (Å²) in [5, 5.41) is 6.22. The monoisotopic (exact) mass is 381 g/mol. The maximum absolute atomic E-state index is 12.3. The van der Waals surface area contributed by atoms with Crippen LogP contribution in [0.4, 0.5) is 17.2 Å². The van der Waals surface area contributed by atoms with Crippen LogP contribution in [0.3, 0.4) is 0 Å². The zero-order chi connectivity index (χ0) is 19.2. The van der Waals surface area contributed by atoms with Crippen molar-refractivity contribution in [2.75, 3.05) is 17.7 Å². The van der Waals surface area contributed by atoms with Crippen LogP contribution in [0.15, 0.2) is 66.9 Å². The standard InChI is InChI=1S/C20H16ClN3O3/c1-27-20(26)13-5-4-6-14(11-13)23-18-10-9-15(12-22-18)24-19(25)16-7-2-3-8-17(16)21/h2-12H,1H3,(H,22,23)(H,24,25). The number of aromatic nitrogens is 1. The molecule has 2 N–H and O–H groups in total. The topological polar surface area (TPSA) is 80.3 Å². The van der Waals surface area contributed by atoms with Crippen molar-refractivity contribution in [1.29, 1.82) is 0 Å². The van der Waals surface area contributed by atoms with Crippen LogP contribution in [0, 0.1) is 0 Å². The van der Waals surface area contributed by atoms with Gasteiger partial charge in [-0.1, -0.05) is 29.8 Å². The van der Waals surface area contributed by atoms with E-state index in [1.807, 2.05) is 0 Å². The molecule has 0 aliphatic rings. The van der Waals surface area contributed by atoms with Gasteiger partial charge in [-0.15, -0.1) is 0 Å². The van der Waals surface area contributed by atoms with Crippen molar-refractivity contribution in [2.45, 2.75) is 0 Å². The summed E-state index contributed by atoms with van der Waals surface area (Å²) in [6.07, 6.45) is 1.53. The summed E-state index contributed by atoms with van der Waals surface area (Å²) >= 11 is 6.03. The van der Waals surface area contributed by atoms with Crippen molar-refractivity contribution < 1.29 is 14.3 Å². The fourth-order valence-corrected chi connectivity index (χ4v) is 2.60. The molecule has 0 saturated heterocycles. The van der Waals surface area contributed by atoms with Gasteiger partial charge in [0.1, 0.15) is 5.82 Å². The molecule has 3 rings (SSSR count). The predicted octanol–water partition coefficient (Wildman–Crippen LogP) is 4.52. The maximum atomic E-state index is 12.3. The number of benzene rings is 2. The Morgan fingerprint density at radius 1 is 1.00 bits per heavy atom. The molecule has 0 saturated carbocycles. The van der Waals surface area contributed by atoms with E-state index in [0.29, 0.717) is 33.3 Å². The van der Waals surface area contributed by atoms with Crippen LogP contribution in [0.25, 0.3) is 0 Å². The van der Waals surface area contributed by atoms with Crippen LogP contribution in [0.2, 0.25) is 5.02 Å². The quantitative estimate of drug-likeness (QED) is 0.635. The molecule has 6 nitrogen and oxygen atoms in total. The third-order valence-electron chi connectivity index (χ3n) is 3.70. The first-order chi connectivity index (χ1) is 13.1. The minimum absolute atomic E-state index is 0.311. The molecule has 136 valence electrons. The van der Waals surface area contributed by atoms with Gasteiger partial charge < -0.3 is 15.4 Å². The lowest BCUT2D eigenvalue weighted by atomic mass is 10.2. The van der Waals surface area contributed by atoms with Crippen LogP contribution in [-0.4, -0.2) is 24.0 Å². The molecule has 0 fully saturated rings. The molecular formula is C20H16ClN3O3. The number of carbonyl (C=O) groups is 2. The van der Waals surface area contributed by atoms with Gasteiger partial charge in [0.05, 0.1) is 35.1 Å². The van der Waals surface area contributed by atoms with Gasteiger partial charge in [0.2, 0.25) is 0 Å². The van der Waals surface area contributed by atoms with E-state index in [4.69, 9.17) is 16.3 Å². The van der Waals surface area contributed by atoms with Crippen LogP contribution in [0.1, 0.15) is 20.7 Å². The molecule has 1 aromatic heterocycles. The first kappa shape index (κ1) is 18.4. The SMILES string of the molecule is COC(=O)c1cccc(Nc2ccc(NC(=O)c3ccccc3Cl)cn2)c1. The number of rotatable bonds is 5. The lowest BCUT2D eigenvalue weighted by molar-refractivity contribution is 0.0600. The Balaban J connectivity index is 1.68. The average molecular weight is 382 g/mol. The van der Waals surface area contributed by atoms with E-state index in [0.717, 1.165) is 0 Å². The van der Waals surface area contributed by atoms with Gasteiger partial charge in [-0.05, 0) is 42.5 Å². The molecule has 1 amide bonds. The first-order valence-electron chi connectivity index (χ1n) is 8.04. The molecule has 3 aromatic rings. The van der Waals surface area contributed by atoms with Gasteiger partial charge >= 0.3 is 5.97 Å². The number of ether oxygens (including phenoxy) is 1. The highest BCUT2D eigenvalue weighted by Crippen LogP contribution is 2.20. The van der Waals surface area contributed by atoms with E-state index in [9.17, 15) is 9.59 Å². The minimum atomic E-state index is -0.413. The Hall–Kier alpha value is -3.38. The molecule has 0 bridgehead atoms. The Kier molecular flexibility index (Phi) is 5.68. The number of amides is 1. The first-order valence-corrected chi connectivity index (χ1v) is 8.42. The van der Waals surface area contributed by atoms with Gasteiger partial charge in [-0.3, -0.25) is 4.79 Å². The number of carbonyl (C=O) groups excluding carboxylic acids is 2.